The topological polar surface area (TPSA) is 106 Å². The zero-order valence-corrected chi connectivity index (χ0v) is 16.9. The molecule has 4 heterocycles. The van der Waals surface area contributed by atoms with Crippen LogP contribution in [0.1, 0.15) is 24.2 Å². The Morgan fingerprint density at radius 3 is 2.77 bits per heavy atom. The molecule has 4 aromatic rings. The predicted octanol–water partition coefficient (Wildman–Crippen LogP) is 3.27. The van der Waals surface area contributed by atoms with Gasteiger partial charge in [-0.05, 0) is 19.1 Å². The molecule has 30 heavy (non-hydrogen) atoms. The van der Waals surface area contributed by atoms with Crippen LogP contribution in [0.2, 0.25) is 0 Å². The van der Waals surface area contributed by atoms with Crippen molar-refractivity contribution in [3.8, 4) is 10.8 Å². The first-order valence-corrected chi connectivity index (χ1v) is 10.9. The number of pyridine rings is 1. The highest BCUT2D eigenvalue weighted by atomic mass is 32.2. The fraction of sp³-hybridized carbons (Fsp3) is 0.250. The van der Waals surface area contributed by atoms with Crippen LogP contribution in [0, 0.1) is 5.82 Å². The van der Waals surface area contributed by atoms with Crippen LogP contribution in [0.15, 0.2) is 35.1 Å². The second kappa shape index (κ2) is 7.68. The Bertz CT molecular complexity index is 1300. The predicted molar refractivity (Wildman–Crippen MR) is 101 cm³/mol. The number of halogens is 3. The van der Waals surface area contributed by atoms with Gasteiger partial charge < -0.3 is 8.82 Å². The monoisotopic (exact) mass is 458 g/mol. The normalized spacial score (nSPS) is 12.2. The number of alkyl halides is 2. The number of sulfonamides is 1. The lowest BCUT2D eigenvalue weighted by molar-refractivity contribution is 0.116. The molecule has 0 atom stereocenters. The molecule has 0 unspecified atom stereocenters. The van der Waals surface area contributed by atoms with E-state index in [-0.39, 0.29) is 24.0 Å². The summed E-state index contributed by atoms with van der Waals surface area (Å²) in [5, 5.41) is 7.16. The van der Waals surface area contributed by atoms with E-state index in [0.717, 1.165) is 15.6 Å². The Balaban J connectivity index is 1.66. The fourth-order valence-electron chi connectivity index (χ4n) is 2.58. The number of hydrogen-bond acceptors (Lipinski definition) is 8. The second-order valence-corrected chi connectivity index (χ2v) is 9.28. The van der Waals surface area contributed by atoms with Crippen LogP contribution in [0.4, 0.5) is 19.0 Å². The van der Waals surface area contributed by atoms with Gasteiger partial charge in [0.1, 0.15) is 21.3 Å². The molecule has 0 aliphatic carbocycles. The molecule has 0 fully saturated rings. The van der Waals surface area contributed by atoms with Crippen molar-refractivity contribution >= 4 is 32.8 Å². The van der Waals surface area contributed by atoms with Crippen molar-refractivity contribution in [3.05, 3.63) is 47.4 Å². The molecule has 4 rings (SSSR count). The van der Waals surface area contributed by atoms with Crippen molar-refractivity contribution in [2.24, 2.45) is 0 Å². The summed E-state index contributed by atoms with van der Waals surface area (Å²) >= 11 is 1.02. The van der Waals surface area contributed by atoms with Crippen molar-refractivity contribution in [2.75, 3.05) is 10.1 Å². The average molecular weight is 458 g/mol. The van der Waals surface area contributed by atoms with E-state index in [0.29, 0.717) is 15.5 Å². The van der Waals surface area contributed by atoms with Crippen LogP contribution in [0.5, 0.6) is 0 Å². The van der Waals surface area contributed by atoms with E-state index in [4.69, 9.17) is 4.42 Å². The molecule has 0 saturated carbocycles. The second-order valence-electron chi connectivity index (χ2n) is 5.98. The van der Waals surface area contributed by atoms with Gasteiger partial charge in [-0.2, -0.15) is 8.78 Å². The number of thiazole rings is 1. The minimum atomic E-state index is -3.75. The minimum absolute atomic E-state index is 0.0944. The van der Waals surface area contributed by atoms with Crippen molar-refractivity contribution in [3.63, 3.8) is 0 Å². The molecular formula is C16H13F3N6O3S2. The molecule has 0 spiro atoms. The Morgan fingerprint density at radius 1 is 1.27 bits per heavy atom. The summed E-state index contributed by atoms with van der Waals surface area (Å²) in [5.41, 5.74) is 0.368. The van der Waals surface area contributed by atoms with Gasteiger partial charge in [-0.1, -0.05) is 0 Å². The summed E-state index contributed by atoms with van der Waals surface area (Å²) in [6, 6.07) is 2.64. The Hall–Kier alpha value is -3.00. The van der Waals surface area contributed by atoms with E-state index in [1.54, 1.807) is 0 Å². The molecule has 0 aliphatic rings. The Morgan fingerprint density at radius 2 is 2.07 bits per heavy atom. The van der Waals surface area contributed by atoms with Gasteiger partial charge >= 0.3 is 6.43 Å². The van der Waals surface area contributed by atoms with Gasteiger partial charge in [0.25, 0.3) is 11.8 Å². The minimum Gasteiger partial charge on any atom is -0.414 e. The van der Waals surface area contributed by atoms with E-state index >= 15 is 0 Å². The molecule has 0 aromatic carbocycles. The van der Waals surface area contributed by atoms with Gasteiger partial charge in [0.05, 0.1) is 24.7 Å². The molecule has 14 heteroatoms. The molecule has 0 N–H and O–H groups in total. The first kappa shape index (κ1) is 20.3. The first-order chi connectivity index (χ1) is 14.3. The maximum atomic E-state index is 13.5. The van der Waals surface area contributed by atoms with Crippen LogP contribution in [0.3, 0.4) is 0 Å². The zero-order valence-electron chi connectivity index (χ0n) is 15.2. The van der Waals surface area contributed by atoms with Gasteiger partial charge in [-0.25, -0.2) is 27.1 Å². The molecule has 0 bridgehead atoms. The first-order valence-electron chi connectivity index (χ1n) is 8.48. The van der Waals surface area contributed by atoms with E-state index in [2.05, 4.69) is 20.2 Å². The Kier molecular flexibility index (Phi) is 5.19. The molecular weight excluding hydrogens is 445 g/mol. The van der Waals surface area contributed by atoms with Crippen LogP contribution in [-0.4, -0.2) is 38.7 Å². The summed E-state index contributed by atoms with van der Waals surface area (Å²) in [6.45, 7) is 1.32. The molecule has 9 nitrogen and oxygen atoms in total. The number of rotatable bonds is 7. The summed E-state index contributed by atoms with van der Waals surface area (Å²) in [6.07, 6.45) is 1.01. The quantitative estimate of drug-likeness (QED) is 0.418. The lowest BCUT2D eigenvalue weighted by Crippen LogP contribution is -2.32. The van der Waals surface area contributed by atoms with Crippen LogP contribution < -0.4 is 4.31 Å². The number of fused-ring (bicyclic) bond motifs is 1. The number of aromatic nitrogens is 5. The standard InChI is InChI=1S/C16H13F3N6O3S2/c1-2-30(26,27)25(12-7-24-6-9(17)3-4-11(24)21-12)8-13-20-5-10(29-13)15-22-23-16(28-15)14(18)19/h3-7,14H,2,8H2,1H3. The van der Waals surface area contributed by atoms with Crippen molar-refractivity contribution in [1.29, 1.82) is 0 Å². The molecule has 0 aliphatic heterocycles. The zero-order chi connectivity index (χ0) is 21.5. The number of anilines is 1. The summed E-state index contributed by atoms with van der Waals surface area (Å²) < 4.78 is 71.3. The van der Waals surface area contributed by atoms with E-state index < -0.39 is 28.2 Å². The number of hydrogen-bond donors (Lipinski definition) is 0. The largest absolute Gasteiger partial charge is 0.414 e. The highest BCUT2D eigenvalue weighted by molar-refractivity contribution is 7.92. The van der Waals surface area contributed by atoms with Crippen molar-refractivity contribution in [1.82, 2.24) is 24.6 Å². The van der Waals surface area contributed by atoms with Gasteiger partial charge in [0.2, 0.25) is 10.0 Å². The van der Waals surface area contributed by atoms with Gasteiger partial charge in [0.15, 0.2) is 5.82 Å². The fourth-order valence-corrected chi connectivity index (χ4v) is 4.49. The van der Waals surface area contributed by atoms with Gasteiger partial charge in [-0.15, -0.1) is 21.5 Å². The van der Waals surface area contributed by atoms with E-state index in [1.165, 1.54) is 42.0 Å². The summed E-state index contributed by atoms with van der Waals surface area (Å²) in [7, 11) is -3.75. The molecule has 0 radical (unpaired) electrons. The van der Waals surface area contributed by atoms with E-state index in [9.17, 15) is 21.6 Å². The van der Waals surface area contributed by atoms with Crippen LogP contribution in [0.25, 0.3) is 16.4 Å². The van der Waals surface area contributed by atoms with Crippen molar-refractivity contribution in [2.45, 2.75) is 19.9 Å². The van der Waals surface area contributed by atoms with Gasteiger partial charge in [-0.3, -0.25) is 0 Å². The maximum absolute atomic E-state index is 13.5. The smallest absolute Gasteiger partial charge is 0.314 e. The van der Waals surface area contributed by atoms with Crippen molar-refractivity contribution < 1.29 is 26.0 Å². The van der Waals surface area contributed by atoms with E-state index in [1.807, 2.05) is 0 Å². The third-order valence-corrected chi connectivity index (χ3v) is 6.72. The van der Waals surface area contributed by atoms with Crippen LogP contribution in [-0.2, 0) is 16.6 Å². The lowest BCUT2D eigenvalue weighted by Gasteiger charge is -2.19. The Labute approximate surface area is 171 Å². The number of imidazole rings is 1. The number of nitrogens with zero attached hydrogens (tertiary/aromatic N) is 6. The molecule has 158 valence electrons. The molecule has 4 aromatic heterocycles. The van der Waals surface area contributed by atoms with Crippen LogP contribution >= 0.6 is 11.3 Å². The molecule has 0 saturated heterocycles. The maximum Gasteiger partial charge on any atom is 0.314 e. The summed E-state index contributed by atoms with van der Waals surface area (Å²) in [5.74, 6) is -1.55. The summed E-state index contributed by atoms with van der Waals surface area (Å²) in [4.78, 5) is 8.69. The van der Waals surface area contributed by atoms with Gasteiger partial charge in [0, 0.05) is 6.20 Å². The highest BCUT2D eigenvalue weighted by Gasteiger charge is 2.26. The third kappa shape index (κ3) is 3.87. The SMILES string of the molecule is CCS(=O)(=O)N(Cc1ncc(-c2nnc(C(F)F)o2)s1)c1cn2cc(F)ccc2n1. The lowest BCUT2D eigenvalue weighted by atomic mass is 10.5. The molecule has 0 amide bonds. The third-order valence-electron chi connectivity index (χ3n) is 4.03. The highest BCUT2D eigenvalue weighted by Crippen LogP contribution is 2.30. The average Bonchev–Trinajstić information content (AvgIpc) is 3.43.